The quantitative estimate of drug-likeness (QED) is 0.668. The summed E-state index contributed by atoms with van der Waals surface area (Å²) in [5.41, 5.74) is 1.89. The minimum atomic E-state index is 0.549. The number of benzene rings is 1. The highest BCUT2D eigenvalue weighted by molar-refractivity contribution is 5.80. The predicted molar refractivity (Wildman–Crippen MR) is 82.8 cm³/mol. The standard InChI is InChI=1S/C16H20N4O/c1-11-8-14(11)19-16(17-2)18-10-13-9-15(21-20-13)12-6-4-3-5-7-12/h3-7,9,11,14H,8,10H2,1-2H3,(H2,17,18,19). The molecule has 5 nitrogen and oxygen atoms in total. The Kier molecular flexibility index (Phi) is 3.90. The molecule has 2 unspecified atom stereocenters. The van der Waals surface area contributed by atoms with Gasteiger partial charge in [0.15, 0.2) is 11.7 Å². The van der Waals surface area contributed by atoms with Crippen LogP contribution in [-0.2, 0) is 6.54 Å². The molecule has 21 heavy (non-hydrogen) atoms. The number of nitrogens with one attached hydrogen (secondary N) is 2. The molecule has 0 spiro atoms. The Morgan fingerprint density at radius 1 is 1.38 bits per heavy atom. The van der Waals surface area contributed by atoms with Crippen LogP contribution in [0.2, 0.25) is 0 Å². The SMILES string of the molecule is CN=C(NCc1cc(-c2ccccc2)on1)NC1CC1C. The van der Waals surface area contributed by atoms with E-state index in [2.05, 4.69) is 27.7 Å². The fourth-order valence-corrected chi connectivity index (χ4v) is 2.20. The van der Waals surface area contributed by atoms with Gasteiger partial charge >= 0.3 is 0 Å². The molecule has 1 aromatic heterocycles. The summed E-state index contributed by atoms with van der Waals surface area (Å²) in [6.07, 6.45) is 1.21. The Bertz CT molecular complexity index is 620. The first-order valence-corrected chi connectivity index (χ1v) is 7.24. The molecule has 1 fully saturated rings. The zero-order valence-electron chi connectivity index (χ0n) is 12.3. The number of rotatable bonds is 4. The first kappa shape index (κ1) is 13.7. The molecular weight excluding hydrogens is 264 g/mol. The highest BCUT2D eigenvalue weighted by Gasteiger charge is 2.33. The van der Waals surface area contributed by atoms with E-state index >= 15 is 0 Å². The lowest BCUT2D eigenvalue weighted by molar-refractivity contribution is 0.422. The van der Waals surface area contributed by atoms with Crippen molar-refractivity contribution in [2.45, 2.75) is 25.9 Å². The zero-order chi connectivity index (χ0) is 14.7. The molecule has 0 aliphatic heterocycles. The maximum absolute atomic E-state index is 5.38. The van der Waals surface area contributed by atoms with Crippen molar-refractivity contribution >= 4 is 5.96 Å². The van der Waals surface area contributed by atoms with Gasteiger partial charge in [0, 0.05) is 24.7 Å². The van der Waals surface area contributed by atoms with Crippen LogP contribution in [0, 0.1) is 5.92 Å². The molecule has 2 aromatic rings. The van der Waals surface area contributed by atoms with Crippen LogP contribution in [0.25, 0.3) is 11.3 Å². The second-order valence-electron chi connectivity index (χ2n) is 5.44. The fourth-order valence-electron chi connectivity index (χ4n) is 2.20. The summed E-state index contributed by atoms with van der Waals surface area (Å²) in [5, 5.41) is 10.7. The maximum atomic E-state index is 5.38. The average molecular weight is 284 g/mol. The molecule has 1 heterocycles. The van der Waals surface area contributed by atoms with Crippen LogP contribution in [0.15, 0.2) is 45.9 Å². The third-order valence-corrected chi connectivity index (χ3v) is 3.71. The van der Waals surface area contributed by atoms with E-state index in [-0.39, 0.29) is 0 Å². The minimum absolute atomic E-state index is 0.549. The van der Waals surface area contributed by atoms with E-state index in [0.29, 0.717) is 12.6 Å². The minimum Gasteiger partial charge on any atom is -0.356 e. The molecule has 1 aliphatic rings. The number of nitrogens with zero attached hydrogens (tertiary/aromatic N) is 2. The zero-order valence-corrected chi connectivity index (χ0v) is 12.3. The van der Waals surface area contributed by atoms with E-state index < -0.39 is 0 Å². The molecular formula is C16H20N4O. The van der Waals surface area contributed by atoms with Crippen molar-refractivity contribution in [3.8, 4) is 11.3 Å². The summed E-state index contributed by atoms with van der Waals surface area (Å²) in [4.78, 5) is 4.22. The lowest BCUT2D eigenvalue weighted by Gasteiger charge is -2.09. The third kappa shape index (κ3) is 3.42. The second kappa shape index (κ2) is 5.99. The van der Waals surface area contributed by atoms with Crippen molar-refractivity contribution in [3.05, 3.63) is 42.1 Å². The van der Waals surface area contributed by atoms with Crippen molar-refractivity contribution in [1.82, 2.24) is 15.8 Å². The summed E-state index contributed by atoms with van der Waals surface area (Å²) >= 11 is 0. The van der Waals surface area contributed by atoms with Crippen molar-refractivity contribution < 1.29 is 4.52 Å². The molecule has 0 radical (unpaired) electrons. The Morgan fingerprint density at radius 3 is 2.81 bits per heavy atom. The fraction of sp³-hybridized carbons (Fsp3) is 0.375. The Hall–Kier alpha value is -2.30. The van der Waals surface area contributed by atoms with Crippen molar-refractivity contribution in [1.29, 1.82) is 0 Å². The monoisotopic (exact) mass is 284 g/mol. The van der Waals surface area contributed by atoms with Crippen LogP contribution >= 0.6 is 0 Å². The Morgan fingerprint density at radius 2 is 2.14 bits per heavy atom. The van der Waals surface area contributed by atoms with Gasteiger partial charge in [0.2, 0.25) is 0 Å². The molecule has 0 amide bonds. The molecule has 5 heteroatoms. The van der Waals surface area contributed by atoms with Crippen molar-refractivity contribution in [2.75, 3.05) is 7.05 Å². The van der Waals surface area contributed by atoms with Gasteiger partial charge < -0.3 is 15.2 Å². The first-order chi connectivity index (χ1) is 10.3. The predicted octanol–water partition coefficient (Wildman–Crippen LogP) is 2.42. The lowest BCUT2D eigenvalue weighted by Crippen LogP contribution is -2.38. The van der Waals surface area contributed by atoms with Gasteiger partial charge in [-0.15, -0.1) is 0 Å². The van der Waals surface area contributed by atoms with E-state index in [0.717, 1.165) is 28.9 Å². The van der Waals surface area contributed by atoms with Gasteiger partial charge in [-0.2, -0.15) is 0 Å². The van der Waals surface area contributed by atoms with Crippen LogP contribution in [0.4, 0.5) is 0 Å². The van der Waals surface area contributed by atoms with E-state index in [1.165, 1.54) is 6.42 Å². The van der Waals surface area contributed by atoms with Crippen LogP contribution in [0.3, 0.4) is 0 Å². The molecule has 1 saturated carbocycles. The molecule has 110 valence electrons. The van der Waals surface area contributed by atoms with E-state index in [1.807, 2.05) is 36.4 Å². The van der Waals surface area contributed by atoms with E-state index in [1.54, 1.807) is 7.05 Å². The molecule has 3 rings (SSSR count). The van der Waals surface area contributed by atoms with Gasteiger partial charge in [0.1, 0.15) is 5.69 Å². The molecule has 2 atom stereocenters. The number of hydrogen-bond acceptors (Lipinski definition) is 3. The smallest absolute Gasteiger partial charge is 0.191 e. The summed E-state index contributed by atoms with van der Waals surface area (Å²) in [6, 6.07) is 12.5. The van der Waals surface area contributed by atoms with Crippen LogP contribution in [0.1, 0.15) is 19.0 Å². The van der Waals surface area contributed by atoms with Gasteiger partial charge in [-0.05, 0) is 12.3 Å². The van der Waals surface area contributed by atoms with Gasteiger partial charge in [-0.1, -0.05) is 42.4 Å². The van der Waals surface area contributed by atoms with Crippen LogP contribution in [0.5, 0.6) is 0 Å². The molecule has 1 aromatic carbocycles. The first-order valence-electron chi connectivity index (χ1n) is 7.24. The molecule has 0 bridgehead atoms. The summed E-state index contributed by atoms with van der Waals surface area (Å²) in [7, 11) is 1.78. The van der Waals surface area contributed by atoms with Gasteiger partial charge in [-0.3, -0.25) is 4.99 Å². The van der Waals surface area contributed by atoms with E-state index in [9.17, 15) is 0 Å². The average Bonchev–Trinajstić information content (AvgIpc) is 3.02. The summed E-state index contributed by atoms with van der Waals surface area (Å²) in [6.45, 7) is 2.83. The van der Waals surface area contributed by atoms with Crippen LogP contribution < -0.4 is 10.6 Å². The highest BCUT2D eigenvalue weighted by atomic mass is 16.5. The largest absolute Gasteiger partial charge is 0.356 e. The lowest BCUT2D eigenvalue weighted by atomic mass is 10.2. The topological polar surface area (TPSA) is 62.5 Å². The summed E-state index contributed by atoms with van der Waals surface area (Å²) < 4.78 is 5.38. The Balaban J connectivity index is 1.57. The maximum Gasteiger partial charge on any atom is 0.191 e. The van der Waals surface area contributed by atoms with E-state index in [4.69, 9.17) is 4.52 Å². The van der Waals surface area contributed by atoms with Crippen LogP contribution in [-0.4, -0.2) is 24.2 Å². The number of guanidine groups is 1. The van der Waals surface area contributed by atoms with Crippen molar-refractivity contribution in [2.24, 2.45) is 10.9 Å². The van der Waals surface area contributed by atoms with Crippen molar-refractivity contribution in [3.63, 3.8) is 0 Å². The van der Waals surface area contributed by atoms with Gasteiger partial charge in [0.05, 0.1) is 6.54 Å². The Labute approximate surface area is 124 Å². The molecule has 0 saturated heterocycles. The second-order valence-corrected chi connectivity index (χ2v) is 5.44. The third-order valence-electron chi connectivity index (χ3n) is 3.71. The number of hydrogen-bond donors (Lipinski definition) is 2. The number of aromatic nitrogens is 1. The van der Waals surface area contributed by atoms with Gasteiger partial charge in [0.25, 0.3) is 0 Å². The molecule has 1 aliphatic carbocycles. The summed E-state index contributed by atoms with van der Waals surface area (Å²) in [5.74, 6) is 2.33. The normalized spacial score (nSPS) is 21.1. The number of aliphatic imine (C=N–C) groups is 1. The molecule has 2 N–H and O–H groups in total. The highest BCUT2D eigenvalue weighted by Crippen LogP contribution is 2.28. The van der Waals surface area contributed by atoms with Gasteiger partial charge in [-0.25, -0.2) is 0 Å².